The number of carbonyl (C=O) groups is 2. The highest BCUT2D eigenvalue weighted by molar-refractivity contribution is 5.83. The first-order valence-electron chi connectivity index (χ1n) is 6.31. The van der Waals surface area contributed by atoms with E-state index in [1.165, 1.54) is 14.0 Å². The zero-order valence-electron chi connectivity index (χ0n) is 11.8. The fourth-order valence-electron chi connectivity index (χ4n) is 1.48. The molecule has 1 amide bonds. The largest absolute Gasteiger partial charge is 0.493 e. The molecule has 0 aliphatic rings. The van der Waals surface area contributed by atoms with Gasteiger partial charge in [-0.1, -0.05) is 12.1 Å². The van der Waals surface area contributed by atoms with Crippen LogP contribution in [-0.2, 0) is 14.3 Å². The molecule has 0 unspecified atom stereocenters. The van der Waals surface area contributed by atoms with Crippen LogP contribution in [0.5, 0.6) is 11.5 Å². The molecule has 0 bridgehead atoms. The third kappa shape index (κ3) is 4.79. The maximum absolute atomic E-state index is 11.6. The van der Waals surface area contributed by atoms with Crippen molar-refractivity contribution in [1.29, 1.82) is 0 Å². The number of ether oxygens (including phenoxy) is 3. The number of para-hydroxylation sites is 2. The molecule has 0 aromatic heterocycles. The van der Waals surface area contributed by atoms with Gasteiger partial charge in [-0.15, -0.1) is 0 Å². The van der Waals surface area contributed by atoms with E-state index in [0.717, 1.165) is 0 Å². The van der Waals surface area contributed by atoms with Crippen molar-refractivity contribution in [3.63, 3.8) is 0 Å². The lowest BCUT2D eigenvalue weighted by molar-refractivity contribution is -0.156. The molecule has 1 atom stereocenters. The summed E-state index contributed by atoms with van der Waals surface area (Å²) in [4.78, 5) is 23.0. The van der Waals surface area contributed by atoms with Gasteiger partial charge < -0.3 is 19.5 Å². The average Bonchev–Trinajstić information content (AvgIpc) is 2.45. The standard InChI is InChI=1S/C14H19NO5/c1-4-15-14(17)10(2)20-13(16)9-19-12-8-6-5-7-11(12)18-3/h5-8,10H,4,9H2,1-3H3,(H,15,17)/t10-/m1/s1. The summed E-state index contributed by atoms with van der Waals surface area (Å²) >= 11 is 0. The predicted octanol–water partition coefficient (Wildman–Crippen LogP) is 1.14. The molecular weight excluding hydrogens is 262 g/mol. The Bertz CT molecular complexity index is 461. The lowest BCUT2D eigenvalue weighted by atomic mass is 10.3. The van der Waals surface area contributed by atoms with Crippen LogP contribution in [0.15, 0.2) is 24.3 Å². The number of nitrogens with one attached hydrogen (secondary N) is 1. The molecule has 6 nitrogen and oxygen atoms in total. The first-order valence-corrected chi connectivity index (χ1v) is 6.31. The van der Waals surface area contributed by atoms with Crippen molar-refractivity contribution in [1.82, 2.24) is 5.32 Å². The smallest absolute Gasteiger partial charge is 0.344 e. The van der Waals surface area contributed by atoms with Gasteiger partial charge in [0.25, 0.3) is 5.91 Å². The van der Waals surface area contributed by atoms with E-state index >= 15 is 0 Å². The molecule has 1 aromatic carbocycles. The summed E-state index contributed by atoms with van der Waals surface area (Å²) in [6.45, 7) is 3.49. The molecule has 110 valence electrons. The van der Waals surface area contributed by atoms with Crippen molar-refractivity contribution in [2.45, 2.75) is 20.0 Å². The van der Waals surface area contributed by atoms with Gasteiger partial charge in [-0.2, -0.15) is 0 Å². The lowest BCUT2D eigenvalue weighted by Crippen LogP contribution is -2.36. The van der Waals surface area contributed by atoms with Crippen molar-refractivity contribution in [3.8, 4) is 11.5 Å². The summed E-state index contributed by atoms with van der Waals surface area (Å²) in [5, 5.41) is 2.57. The van der Waals surface area contributed by atoms with E-state index in [-0.39, 0.29) is 12.5 Å². The third-order valence-corrected chi connectivity index (χ3v) is 2.44. The van der Waals surface area contributed by atoms with Gasteiger partial charge in [0, 0.05) is 6.54 Å². The van der Waals surface area contributed by atoms with Crippen molar-refractivity contribution in [2.75, 3.05) is 20.3 Å². The number of amides is 1. The fraction of sp³-hybridized carbons (Fsp3) is 0.429. The fourth-order valence-corrected chi connectivity index (χ4v) is 1.48. The predicted molar refractivity (Wildman–Crippen MR) is 72.7 cm³/mol. The van der Waals surface area contributed by atoms with Crippen LogP contribution in [0, 0.1) is 0 Å². The van der Waals surface area contributed by atoms with Gasteiger partial charge in [-0.25, -0.2) is 4.79 Å². The number of carbonyl (C=O) groups excluding carboxylic acids is 2. The zero-order chi connectivity index (χ0) is 15.0. The molecule has 0 fully saturated rings. The second kappa shape index (κ2) is 8.04. The van der Waals surface area contributed by atoms with Crippen molar-refractivity contribution < 1.29 is 23.8 Å². The van der Waals surface area contributed by atoms with Crippen molar-refractivity contribution in [3.05, 3.63) is 24.3 Å². The van der Waals surface area contributed by atoms with Crippen LogP contribution >= 0.6 is 0 Å². The summed E-state index contributed by atoms with van der Waals surface area (Å²) in [6, 6.07) is 6.96. The summed E-state index contributed by atoms with van der Waals surface area (Å²) in [6.07, 6.45) is -0.844. The normalized spacial score (nSPS) is 11.3. The number of methoxy groups -OCH3 is 1. The minimum absolute atomic E-state index is 0.288. The van der Waals surface area contributed by atoms with Crippen LogP contribution in [0.25, 0.3) is 0 Å². The molecule has 0 spiro atoms. The number of hydrogen-bond donors (Lipinski definition) is 1. The van der Waals surface area contributed by atoms with Crippen LogP contribution < -0.4 is 14.8 Å². The number of hydrogen-bond acceptors (Lipinski definition) is 5. The molecule has 6 heteroatoms. The SMILES string of the molecule is CCNC(=O)[C@@H](C)OC(=O)COc1ccccc1OC. The molecule has 0 saturated heterocycles. The topological polar surface area (TPSA) is 73.9 Å². The van der Waals surface area contributed by atoms with Gasteiger partial charge in [0.1, 0.15) is 0 Å². The minimum Gasteiger partial charge on any atom is -0.493 e. The van der Waals surface area contributed by atoms with Gasteiger partial charge in [-0.05, 0) is 26.0 Å². The molecular formula is C14H19NO5. The average molecular weight is 281 g/mol. The Kier molecular flexibility index (Phi) is 6.36. The monoisotopic (exact) mass is 281 g/mol. The third-order valence-electron chi connectivity index (χ3n) is 2.44. The second-order valence-corrected chi connectivity index (χ2v) is 3.97. The van der Waals surface area contributed by atoms with E-state index in [4.69, 9.17) is 14.2 Å². The Morgan fingerprint density at radius 2 is 1.90 bits per heavy atom. The molecule has 1 rings (SSSR count). The van der Waals surface area contributed by atoms with Gasteiger partial charge in [0.2, 0.25) is 0 Å². The van der Waals surface area contributed by atoms with Gasteiger partial charge in [0.15, 0.2) is 24.2 Å². The highest BCUT2D eigenvalue weighted by Crippen LogP contribution is 2.25. The van der Waals surface area contributed by atoms with Crippen LogP contribution in [0.2, 0.25) is 0 Å². The number of esters is 1. The molecule has 0 aliphatic heterocycles. The number of rotatable bonds is 7. The van der Waals surface area contributed by atoms with Gasteiger partial charge in [0.05, 0.1) is 7.11 Å². The summed E-state index contributed by atoms with van der Waals surface area (Å²) in [5.74, 6) is 0.0162. The first kappa shape index (κ1) is 15.8. The van der Waals surface area contributed by atoms with E-state index in [0.29, 0.717) is 18.0 Å². The second-order valence-electron chi connectivity index (χ2n) is 3.97. The van der Waals surface area contributed by atoms with Crippen LogP contribution in [-0.4, -0.2) is 38.2 Å². The molecule has 0 heterocycles. The minimum atomic E-state index is -0.844. The van der Waals surface area contributed by atoms with E-state index in [9.17, 15) is 9.59 Å². The number of likely N-dealkylation sites (N-methyl/N-ethyl adjacent to an activating group) is 1. The van der Waals surface area contributed by atoms with E-state index in [1.807, 2.05) is 0 Å². The van der Waals surface area contributed by atoms with Gasteiger partial charge >= 0.3 is 5.97 Å². The van der Waals surface area contributed by atoms with E-state index < -0.39 is 12.1 Å². The summed E-state index contributed by atoms with van der Waals surface area (Å²) < 4.78 is 15.3. The van der Waals surface area contributed by atoms with Crippen LogP contribution in [0.1, 0.15) is 13.8 Å². The quantitative estimate of drug-likeness (QED) is 0.759. The van der Waals surface area contributed by atoms with E-state index in [2.05, 4.69) is 5.32 Å². The van der Waals surface area contributed by atoms with Crippen molar-refractivity contribution >= 4 is 11.9 Å². The van der Waals surface area contributed by atoms with E-state index in [1.54, 1.807) is 31.2 Å². The molecule has 20 heavy (non-hydrogen) atoms. The Hall–Kier alpha value is -2.24. The lowest BCUT2D eigenvalue weighted by Gasteiger charge is -2.13. The summed E-state index contributed by atoms with van der Waals surface area (Å²) in [7, 11) is 1.51. The number of benzene rings is 1. The Labute approximate surface area is 118 Å². The molecule has 0 radical (unpaired) electrons. The Morgan fingerprint density at radius 3 is 2.50 bits per heavy atom. The van der Waals surface area contributed by atoms with Crippen LogP contribution in [0.4, 0.5) is 0 Å². The Morgan fingerprint density at radius 1 is 1.25 bits per heavy atom. The molecule has 1 N–H and O–H groups in total. The molecule has 0 saturated carbocycles. The molecule has 1 aromatic rings. The molecule has 0 aliphatic carbocycles. The zero-order valence-corrected chi connectivity index (χ0v) is 11.8. The summed E-state index contributed by atoms with van der Waals surface area (Å²) in [5.41, 5.74) is 0. The first-order chi connectivity index (χ1) is 9.58. The van der Waals surface area contributed by atoms with Crippen LogP contribution in [0.3, 0.4) is 0 Å². The van der Waals surface area contributed by atoms with Crippen molar-refractivity contribution in [2.24, 2.45) is 0 Å². The Balaban J connectivity index is 2.45. The highest BCUT2D eigenvalue weighted by atomic mass is 16.6. The highest BCUT2D eigenvalue weighted by Gasteiger charge is 2.17. The maximum atomic E-state index is 11.6. The maximum Gasteiger partial charge on any atom is 0.344 e. The van der Waals surface area contributed by atoms with Gasteiger partial charge in [-0.3, -0.25) is 4.79 Å².